The topological polar surface area (TPSA) is 63.3 Å². The zero-order valence-corrected chi connectivity index (χ0v) is 9.98. The van der Waals surface area contributed by atoms with E-state index >= 15 is 0 Å². The molecule has 2 aromatic rings. The van der Waals surface area contributed by atoms with Gasteiger partial charge in [-0.05, 0) is 41.1 Å². The van der Waals surface area contributed by atoms with Crippen molar-refractivity contribution >= 4 is 21.9 Å². The van der Waals surface area contributed by atoms with Crippen LogP contribution in [0.1, 0.15) is 16.1 Å². The fourth-order valence-corrected chi connectivity index (χ4v) is 1.85. The summed E-state index contributed by atoms with van der Waals surface area (Å²) in [6, 6.07) is 4.74. The fourth-order valence-electron chi connectivity index (χ4n) is 1.41. The summed E-state index contributed by atoms with van der Waals surface area (Å²) in [5.74, 6) is -0.271. The molecular formula is C11H8BrNO3. The molecule has 0 radical (unpaired) electrons. The van der Waals surface area contributed by atoms with E-state index in [4.69, 9.17) is 9.52 Å². The summed E-state index contributed by atoms with van der Waals surface area (Å²) in [6.45, 7) is 1.80. The molecule has 4 nitrogen and oxygen atoms in total. The number of halogens is 1. The minimum absolute atomic E-state index is 0.192. The Hall–Kier alpha value is -1.62. The Labute approximate surface area is 100 Å². The predicted molar refractivity (Wildman–Crippen MR) is 61.3 cm³/mol. The number of nitrogens with zero attached hydrogens (tertiary/aromatic N) is 1. The van der Waals surface area contributed by atoms with Crippen LogP contribution in [0.2, 0.25) is 0 Å². The normalized spacial score (nSPS) is 10.4. The summed E-state index contributed by atoms with van der Waals surface area (Å²) in [4.78, 5) is 15.1. The highest BCUT2D eigenvalue weighted by Crippen LogP contribution is 2.25. The Morgan fingerprint density at radius 2 is 2.25 bits per heavy atom. The molecule has 0 bridgehead atoms. The van der Waals surface area contributed by atoms with Gasteiger partial charge in [0, 0.05) is 5.56 Å². The van der Waals surface area contributed by atoms with Gasteiger partial charge in [0.1, 0.15) is 10.4 Å². The summed E-state index contributed by atoms with van der Waals surface area (Å²) < 4.78 is 5.65. The minimum Gasteiger partial charge on any atom is -0.478 e. The molecule has 2 rings (SSSR count). The van der Waals surface area contributed by atoms with E-state index in [1.165, 1.54) is 12.1 Å². The molecule has 0 aliphatic heterocycles. The van der Waals surface area contributed by atoms with Crippen LogP contribution >= 0.6 is 15.9 Å². The highest BCUT2D eigenvalue weighted by molar-refractivity contribution is 9.10. The summed E-state index contributed by atoms with van der Waals surface area (Å²) in [6.07, 6.45) is 1.55. The van der Waals surface area contributed by atoms with Gasteiger partial charge in [-0.3, -0.25) is 0 Å². The first-order valence-electron chi connectivity index (χ1n) is 4.53. The van der Waals surface area contributed by atoms with Crippen LogP contribution in [0.3, 0.4) is 0 Å². The second kappa shape index (κ2) is 4.09. The van der Waals surface area contributed by atoms with Gasteiger partial charge in [-0.2, -0.15) is 0 Å². The number of aryl methyl sites for hydroxylation is 1. The number of carbonyl (C=O) groups is 1. The molecule has 1 N–H and O–H groups in total. The van der Waals surface area contributed by atoms with Crippen molar-refractivity contribution in [3.8, 4) is 11.3 Å². The molecule has 82 valence electrons. The van der Waals surface area contributed by atoms with Crippen LogP contribution in [-0.2, 0) is 0 Å². The first-order valence-corrected chi connectivity index (χ1v) is 5.32. The molecule has 0 unspecified atom stereocenters. The van der Waals surface area contributed by atoms with Crippen molar-refractivity contribution in [2.75, 3.05) is 0 Å². The second-order valence-corrected chi connectivity index (χ2v) is 4.07. The summed E-state index contributed by atoms with van der Waals surface area (Å²) in [5, 5.41) is 8.93. The van der Waals surface area contributed by atoms with Crippen molar-refractivity contribution in [3.05, 3.63) is 40.4 Å². The lowest BCUT2D eigenvalue weighted by Gasteiger charge is -2.02. The number of aromatic carboxylic acids is 1. The van der Waals surface area contributed by atoms with Gasteiger partial charge in [0.25, 0.3) is 0 Å². The number of hydrogen-bond donors (Lipinski definition) is 1. The molecule has 5 heteroatoms. The summed E-state index contributed by atoms with van der Waals surface area (Å²) in [5.41, 5.74) is 1.57. The monoisotopic (exact) mass is 281 g/mol. The summed E-state index contributed by atoms with van der Waals surface area (Å²) in [7, 11) is 0. The van der Waals surface area contributed by atoms with Crippen molar-refractivity contribution in [1.29, 1.82) is 0 Å². The van der Waals surface area contributed by atoms with Crippen molar-refractivity contribution in [2.45, 2.75) is 6.92 Å². The first kappa shape index (κ1) is 10.9. The van der Waals surface area contributed by atoms with E-state index in [1.54, 1.807) is 19.3 Å². The lowest BCUT2D eigenvalue weighted by atomic mass is 10.1. The molecular weight excluding hydrogens is 274 g/mol. The molecule has 0 amide bonds. The van der Waals surface area contributed by atoms with Crippen LogP contribution in [0, 0.1) is 6.92 Å². The van der Waals surface area contributed by atoms with E-state index in [0.29, 0.717) is 16.1 Å². The molecule has 16 heavy (non-hydrogen) atoms. The van der Waals surface area contributed by atoms with Crippen molar-refractivity contribution in [2.24, 2.45) is 0 Å². The van der Waals surface area contributed by atoms with Gasteiger partial charge in [0.2, 0.25) is 0 Å². The fraction of sp³-hybridized carbons (Fsp3) is 0.0909. The number of aromatic nitrogens is 1. The SMILES string of the molecule is Cc1occc1-c1cc(C(=O)O)cc(Br)n1. The molecule has 0 aliphatic carbocycles. The van der Waals surface area contributed by atoms with Gasteiger partial charge in [-0.25, -0.2) is 9.78 Å². The van der Waals surface area contributed by atoms with Gasteiger partial charge >= 0.3 is 5.97 Å². The minimum atomic E-state index is -0.981. The Morgan fingerprint density at radius 3 is 2.81 bits per heavy atom. The molecule has 0 fully saturated rings. The maximum absolute atomic E-state index is 10.9. The standard InChI is InChI=1S/C11H8BrNO3/c1-6-8(2-3-16-6)9-4-7(11(14)15)5-10(12)13-9/h2-5H,1H3,(H,14,15). The Kier molecular flexibility index (Phi) is 2.78. The van der Waals surface area contributed by atoms with Crippen molar-refractivity contribution in [3.63, 3.8) is 0 Å². The lowest BCUT2D eigenvalue weighted by Crippen LogP contribution is -1.98. The van der Waals surface area contributed by atoms with E-state index in [0.717, 1.165) is 5.56 Å². The zero-order valence-electron chi connectivity index (χ0n) is 8.40. The van der Waals surface area contributed by atoms with E-state index in [2.05, 4.69) is 20.9 Å². The van der Waals surface area contributed by atoms with E-state index in [9.17, 15) is 4.79 Å². The predicted octanol–water partition coefficient (Wildman–Crippen LogP) is 3.11. The van der Waals surface area contributed by atoms with Crippen molar-refractivity contribution < 1.29 is 14.3 Å². The smallest absolute Gasteiger partial charge is 0.335 e. The van der Waals surface area contributed by atoms with Gasteiger partial charge in [0.15, 0.2) is 0 Å². The van der Waals surface area contributed by atoms with Crippen LogP contribution in [0.5, 0.6) is 0 Å². The van der Waals surface area contributed by atoms with E-state index < -0.39 is 5.97 Å². The van der Waals surface area contributed by atoms with Gasteiger partial charge < -0.3 is 9.52 Å². The van der Waals surface area contributed by atoms with Gasteiger partial charge in [-0.1, -0.05) is 0 Å². The average molecular weight is 282 g/mol. The van der Waals surface area contributed by atoms with Crippen LogP contribution in [0.15, 0.2) is 33.5 Å². The van der Waals surface area contributed by atoms with Gasteiger partial charge in [0.05, 0.1) is 17.5 Å². The molecule has 0 saturated heterocycles. The Balaban J connectivity index is 2.58. The quantitative estimate of drug-likeness (QED) is 0.859. The highest BCUT2D eigenvalue weighted by atomic mass is 79.9. The third kappa shape index (κ3) is 1.99. The highest BCUT2D eigenvalue weighted by Gasteiger charge is 2.11. The molecule has 2 heterocycles. The van der Waals surface area contributed by atoms with Crippen LogP contribution in [0.4, 0.5) is 0 Å². The zero-order chi connectivity index (χ0) is 11.7. The largest absolute Gasteiger partial charge is 0.478 e. The van der Waals surface area contributed by atoms with Crippen LogP contribution in [0.25, 0.3) is 11.3 Å². The Morgan fingerprint density at radius 1 is 1.50 bits per heavy atom. The molecule has 0 saturated carbocycles. The average Bonchev–Trinajstić information content (AvgIpc) is 2.63. The van der Waals surface area contributed by atoms with Gasteiger partial charge in [-0.15, -0.1) is 0 Å². The number of furan rings is 1. The Bertz CT molecular complexity index is 548. The van der Waals surface area contributed by atoms with E-state index in [1.807, 2.05) is 0 Å². The second-order valence-electron chi connectivity index (χ2n) is 3.26. The molecule has 0 aliphatic rings. The summed E-state index contributed by atoms with van der Waals surface area (Å²) >= 11 is 3.19. The molecule has 2 aromatic heterocycles. The molecule has 0 aromatic carbocycles. The van der Waals surface area contributed by atoms with E-state index in [-0.39, 0.29) is 5.56 Å². The maximum atomic E-state index is 10.9. The number of pyridine rings is 1. The number of hydrogen-bond acceptors (Lipinski definition) is 3. The lowest BCUT2D eigenvalue weighted by molar-refractivity contribution is 0.0696. The molecule has 0 spiro atoms. The van der Waals surface area contributed by atoms with Crippen LogP contribution in [-0.4, -0.2) is 16.1 Å². The number of rotatable bonds is 2. The first-order chi connectivity index (χ1) is 7.58. The number of carboxylic acid groups (broad SMARTS) is 1. The maximum Gasteiger partial charge on any atom is 0.335 e. The van der Waals surface area contributed by atoms with Crippen LogP contribution < -0.4 is 0 Å². The molecule has 0 atom stereocenters. The van der Waals surface area contributed by atoms with Crippen molar-refractivity contribution in [1.82, 2.24) is 4.98 Å². The third-order valence-electron chi connectivity index (χ3n) is 2.18. The third-order valence-corrected chi connectivity index (χ3v) is 2.58. The number of carboxylic acids is 1.